The number of aromatic nitrogens is 3. The van der Waals surface area contributed by atoms with E-state index < -0.39 is 0 Å². The number of alkyl halides is 1. The molecule has 0 radical (unpaired) electrons. The van der Waals surface area contributed by atoms with E-state index in [4.69, 9.17) is 11.6 Å². The summed E-state index contributed by atoms with van der Waals surface area (Å²) in [6, 6.07) is 16.2. The second-order valence-corrected chi connectivity index (χ2v) is 4.91. The van der Waals surface area contributed by atoms with Crippen LogP contribution in [0.1, 0.15) is 17.2 Å². The van der Waals surface area contributed by atoms with Crippen molar-refractivity contribution in [2.75, 3.05) is 0 Å². The Balaban J connectivity index is 1.99. The van der Waals surface area contributed by atoms with Crippen LogP contribution in [0.15, 0.2) is 54.6 Å². The normalized spacial score (nSPS) is 10.8. The van der Waals surface area contributed by atoms with E-state index in [1.165, 1.54) is 12.1 Å². The van der Waals surface area contributed by atoms with E-state index in [0.717, 1.165) is 17.1 Å². The fourth-order valence-electron chi connectivity index (χ4n) is 2.21. The van der Waals surface area contributed by atoms with Crippen LogP contribution in [-0.2, 0) is 12.3 Å². The van der Waals surface area contributed by atoms with Crippen molar-refractivity contribution in [3.63, 3.8) is 0 Å². The third-order valence-corrected chi connectivity index (χ3v) is 3.45. The van der Waals surface area contributed by atoms with Crippen molar-refractivity contribution in [2.45, 2.75) is 12.3 Å². The molecule has 0 unspecified atom stereocenters. The largest absolute Gasteiger partial charge is 0.282 e. The zero-order chi connectivity index (χ0) is 14.7. The molecule has 0 spiro atoms. The molecule has 3 aromatic rings. The lowest BCUT2D eigenvalue weighted by Gasteiger charge is -2.09. The number of nitrogens with zero attached hydrogens (tertiary/aromatic N) is 3. The van der Waals surface area contributed by atoms with Crippen molar-refractivity contribution in [1.29, 1.82) is 0 Å². The molecular weight excluding hydrogens is 289 g/mol. The number of rotatable bonds is 4. The topological polar surface area (TPSA) is 30.7 Å². The van der Waals surface area contributed by atoms with Crippen molar-refractivity contribution in [3.05, 3.63) is 77.6 Å². The van der Waals surface area contributed by atoms with Gasteiger partial charge in [0.2, 0.25) is 0 Å². The van der Waals surface area contributed by atoms with Crippen LogP contribution in [0.25, 0.3) is 5.69 Å². The minimum Gasteiger partial charge on any atom is -0.282 e. The molecule has 0 amide bonds. The average Bonchev–Trinajstić information content (AvgIpc) is 2.93. The molecule has 3 nitrogen and oxygen atoms in total. The van der Waals surface area contributed by atoms with E-state index in [-0.39, 0.29) is 11.7 Å². The first-order chi connectivity index (χ1) is 10.3. The summed E-state index contributed by atoms with van der Waals surface area (Å²) in [5, 5.41) is 8.35. The summed E-state index contributed by atoms with van der Waals surface area (Å²) >= 11 is 5.95. The molecule has 5 heteroatoms. The van der Waals surface area contributed by atoms with E-state index in [9.17, 15) is 4.39 Å². The van der Waals surface area contributed by atoms with E-state index in [1.54, 1.807) is 12.1 Å². The third-order valence-electron chi connectivity index (χ3n) is 3.21. The Kier molecular flexibility index (Phi) is 3.97. The Morgan fingerprint density at radius 3 is 2.24 bits per heavy atom. The highest BCUT2D eigenvalue weighted by molar-refractivity contribution is 6.16. The molecule has 0 aliphatic heterocycles. The summed E-state index contributed by atoms with van der Waals surface area (Å²) in [7, 11) is 0. The van der Waals surface area contributed by atoms with Crippen LogP contribution < -0.4 is 0 Å². The maximum atomic E-state index is 13.0. The standard InChI is InChI=1S/C16H13ClFN3/c17-11-16-20-19-15(10-12-6-8-13(18)9-7-12)21(16)14-4-2-1-3-5-14/h1-9H,10-11H2. The van der Waals surface area contributed by atoms with Gasteiger partial charge >= 0.3 is 0 Å². The van der Waals surface area contributed by atoms with Crippen LogP contribution in [0, 0.1) is 5.82 Å². The Morgan fingerprint density at radius 2 is 1.57 bits per heavy atom. The predicted octanol–water partition coefficient (Wildman–Crippen LogP) is 3.74. The molecule has 1 heterocycles. The van der Waals surface area contributed by atoms with Gasteiger partial charge in [-0.05, 0) is 29.8 Å². The molecule has 106 valence electrons. The molecule has 0 aliphatic rings. The first kappa shape index (κ1) is 13.8. The molecule has 0 N–H and O–H groups in total. The fraction of sp³-hybridized carbons (Fsp3) is 0.125. The van der Waals surface area contributed by atoms with Crippen LogP contribution in [-0.4, -0.2) is 14.8 Å². The van der Waals surface area contributed by atoms with Crippen LogP contribution in [0.4, 0.5) is 4.39 Å². The van der Waals surface area contributed by atoms with Crippen molar-refractivity contribution in [3.8, 4) is 5.69 Å². The Bertz CT molecular complexity index is 723. The Morgan fingerprint density at radius 1 is 0.905 bits per heavy atom. The lowest BCUT2D eigenvalue weighted by Crippen LogP contribution is -2.05. The lowest BCUT2D eigenvalue weighted by molar-refractivity contribution is 0.627. The zero-order valence-corrected chi connectivity index (χ0v) is 12.0. The van der Waals surface area contributed by atoms with Crippen LogP contribution >= 0.6 is 11.6 Å². The molecule has 0 bridgehead atoms. The summed E-state index contributed by atoms with van der Waals surface area (Å²) in [6.45, 7) is 0. The molecule has 3 rings (SSSR count). The van der Waals surface area contributed by atoms with Gasteiger partial charge in [-0.25, -0.2) is 4.39 Å². The van der Waals surface area contributed by atoms with Gasteiger partial charge < -0.3 is 0 Å². The van der Waals surface area contributed by atoms with Crippen molar-refractivity contribution in [1.82, 2.24) is 14.8 Å². The Hall–Kier alpha value is -2.20. The second kappa shape index (κ2) is 6.06. The van der Waals surface area contributed by atoms with Crippen molar-refractivity contribution in [2.24, 2.45) is 0 Å². The molecular formula is C16H13ClFN3. The maximum absolute atomic E-state index is 13.0. The van der Waals surface area contributed by atoms with Crippen molar-refractivity contribution < 1.29 is 4.39 Å². The number of hydrogen-bond acceptors (Lipinski definition) is 2. The molecule has 0 saturated heterocycles. The first-order valence-electron chi connectivity index (χ1n) is 6.57. The van der Waals surface area contributed by atoms with E-state index >= 15 is 0 Å². The molecule has 2 aromatic carbocycles. The van der Waals surface area contributed by atoms with Gasteiger partial charge in [-0.2, -0.15) is 0 Å². The predicted molar refractivity (Wildman–Crippen MR) is 80.1 cm³/mol. The van der Waals surface area contributed by atoms with Gasteiger partial charge in [0.25, 0.3) is 0 Å². The first-order valence-corrected chi connectivity index (χ1v) is 7.10. The maximum Gasteiger partial charge on any atom is 0.152 e. The fourth-order valence-corrected chi connectivity index (χ4v) is 2.39. The monoisotopic (exact) mass is 301 g/mol. The van der Waals surface area contributed by atoms with Crippen molar-refractivity contribution >= 4 is 11.6 Å². The van der Waals surface area contributed by atoms with Gasteiger partial charge in [-0.3, -0.25) is 4.57 Å². The third kappa shape index (κ3) is 2.95. The van der Waals surface area contributed by atoms with Gasteiger partial charge in [-0.1, -0.05) is 30.3 Å². The summed E-state index contributed by atoms with van der Waals surface area (Å²) < 4.78 is 14.9. The van der Waals surface area contributed by atoms with Gasteiger partial charge in [0, 0.05) is 12.1 Å². The molecule has 0 saturated carbocycles. The summed E-state index contributed by atoms with van der Waals surface area (Å²) in [4.78, 5) is 0. The molecule has 1 aromatic heterocycles. The van der Waals surface area contributed by atoms with Gasteiger partial charge in [0.15, 0.2) is 5.82 Å². The summed E-state index contributed by atoms with van der Waals surface area (Å²) in [5.74, 6) is 1.51. The lowest BCUT2D eigenvalue weighted by atomic mass is 10.1. The van der Waals surface area contributed by atoms with E-state index in [2.05, 4.69) is 10.2 Å². The Labute approximate surface area is 127 Å². The molecule has 0 atom stereocenters. The highest BCUT2D eigenvalue weighted by atomic mass is 35.5. The van der Waals surface area contributed by atoms with E-state index in [1.807, 2.05) is 34.9 Å². The van der Waals surface area contributed by atoms with Gasteiger partial charge in [-0.15, -0.1) is 21.8 Å². The van der Waals surface area contributed by atoms with Crippen LogP contribution in [0.5, 0.6) is 0 Å². The van der Waals surface area contributed by atoms with Gasteiger partial charge in [0.05, 0.1) is 5.88 Å². The number of benzene rings is 2. The molecule has 21 heavy (non-hydrogen) atoms. The highest BCUT2D eigenvalue weighted by Gasteiger charge is 2.13. The number of para-hydroxylation sites is 1. The SMILES string of the molecule is Fc1ccc(Cc2nnc(CCl)n2-c2ccccc2)cc1. The van der Waals surface area contributed by atoms with Crippen LogP contribution in [0.3, 0.4) is 0 Å². The van der Waals surface area contributed by atoms with Gasteiger partial charge in [0.1, 0.15) is 11.6 Å². The quantitative estimate of drug-likeness (QED) is 0.687. The average molecular weight is 302 g/mol. The number of halogens is 2. The highest BCUT2D eigenvalue weighted by Crippen LogP contribution is 2.17. The van der Waals surface area contributed by atoms with E-state index in [0.29, 0.717) is 12.2 Å². The molecule has 0 aliphatic carbocycles. The smallest absolute Gasteiger partial charge is 0.152 e. The van der Waals surface area contributed by atoms with Crippen LogP contribution in [0.2, 0.25) is 0 Å². The second-order valence-electron chi connectivity index (χ2n) is 4.64. The minimum atomic E-state index is -0.246. The zero-order valence-electron chi connectivity index (χ0n) is 11.2. The minimum absolute atomic E-state index is 0.246. The number of hydrogen-bond donors (Lipinski definition) is 0. The summed E-state index contributed by atoms with van der Waals surface area (Å²) in [5.41, 5.74) is 1.94. The summed E-state index contributed by atoms with van der Waals surface area (Å²) in [6.07, 6.45) is 0.569. The molecule has 0 fully saturated rings.